The second kappa shape index (κ2) is 5.13. The summed E-state index contributed by atoms with van der Waals surface area (Å²) >= 11 is 5.23. The van der Waals surface area contributed by atoms with Gasteiger partial charge in [-0.1, -0.05) is 17.2 Å². The third kappa shape index (κ3) is 5.99. The summed E-state index contributed by atoms with van der Waals surface area (Å²) < 4.78 is 4.85. The Labute approximate surface area is 55.3 Å². The third-order valence-corrected chi connectivity index (χ3v) is 0.905. The topological polar surface area (TPSA) is 9.23 Å². The minimum Gasteiger partial charge on any atom is -0.365 e. The molecule has 0 aromatic rings. The third-order valence-electron chi connectivity index (χ3n) is 0.750. The number of alkyl halides is 1. The molecule has 0 radical (unpaired) electrons. The van der Waals surface area contributed by atoms with E-state index < -0.39 is 0 Å². The van der Waals surface area contributed by atoms with E-state index in [9.17, 15) is 0 Å². The van der Waals surface area contributed by atoms with Crippen LogP contribution in [0.4, 0.5) is 0 Å². The average Bonchev–Trinajstić information content (AvgIpc) is 1.66. The van der Waals surface area contributed by atoms with Crippen molar-refractivity contribution in [2.24, 2.45) is 0 Å². The standard InChI is InChI=1S/C6H11ClO/c1-6(2)3-4-8-5-7/h1,3-5H2,2H3. The maximum atomic E-state index is 5.23. The maximum absolute atomic E-state index is 5.23. The number of ether oxygens (including phenoxy) is 1. The maximum Gasteiger partial charge on any atom is 0.120 e. The lowest BCUT2D eigenvalue weighted by Crippen LogP contribution is -1.90. The normalized spacial score (nSPS) is 9.25. The fourth-order valence-corrected chi connectivity index (χ4v) is 0.410. The number of halogens is 1. The molecule has 0 spiro atoms. The highest BCUT2D eigenvalue weighted by atomic mass is 35.5. The molecule has 0 bridgehead atoms. The largest absolute Gasteiger partial charge is 0.365 e. The first-order chi connectivity index (χ1) is 3.77. The summed E-state index contributed by atoms with van der Waals surface area (Å²) in [6.07, 6.45) is 0.909. The van der Waals surface area contributed by atoms with E-state index in [0.717, 1.165) is 12.0 Å². The summed E-state index contributed by atoms with van der Waals surface area (Å²) in [5.41, 5.74) is 1.13. The van der Waals surface area contributed by atoms with Gasteiger partial charge in [0.05, 0.1) is 6.61 Å². The van der Waals surface area contributed by atoms with Gasteiger partial charge in [0.25, 0.3) is 0 Å². The van der Waals surface area contributed by atoms with Gasteiger partial charge in [-0.15, -0.1) is 6.58 Å². The molecule has 0 aromatic carbocycles. The fraction of sp³-hybridized carbons (Fsp3) is 0.667. The first kappa shape index (κ1) is 7.99. The highest BCUT2D eigenvalue weighted by Crippen LogP contribution is 1.94. The zero-order chi connectivity index (χ0) is 6.41. The van der Waals surface area contributed by atoms with Gasteiger partial charge in [0, 0.05) is 0 Å². The van der Waals surface area contributed by atoms with Crippen LogP contribution in [-0.4, -0.2) is 12.7 Å². The van der Waals surface area contributed by atoms with Crippen molar-refractivity contribution in [3.05, 3.63) is 12.2 Å². The van der Waals surface area contributed by atoms with Gasteiger partial charge in [-0.2, -0.15) is 0 Å². The number of hydrogen-bond donors (Lipinski definition) is 0. The van der Waals surface area contributed by atoms with E-state index in [1.165, 1.54) is 0 Å². The second-order valence-electron chi connectivity index (χ2n) is 1.72. The second-order valence-corrected chi connectivity index (χ2v) is 1.94. The van der Waals surface area contributed by atoms with E-state index >= 15 is 0 Å². The number of rotatable bonds is 4. The van der Waals surface area contributed by atoms with Crippen molar-refractivity contribution in [3.63, 3.8) is 0 Å². The van der Waals surface area contributed by atoms with Crippen LogP contribution in [0, 0.1) is 0 Å². The highest BCUT2D eigenvalue weighted by molar-refractivity contribution is 6.17. The Balaban J connectivity index is 2.82. The lowest BCUT2D eigenvalue weighted by Gasteiger charge is -1.96. The van der Waals surface area contributed by atoms with Gasteiger partial charge in [-0.25, -0.2) is 0 Å². The summed E-state index contributed by atoms with van der Waals surface area (Å²) in [5, 5.41) is 0. The quantitative estimate of drug-likeness (QED) is 0.325. The molecule has 8 heavy (non-hydrogen) atoms. The lowest BCUT2D eigenvalue weighted by molar-refractivity contribution is 0.183. The van der Waals surface area contributed by atoms with Crippen molar-refractivity contribution in [1.82, 2.24) is 0 Å². The van der Waals surface area contributed by atoms with Crippen LogP contribution in [0.25, 0.3) is 0 Å². The lowest BCUT2D eigenvalue weighted by atomic mass is 10.3. The molecule has 0 rings (SSSR count). The molecule has 0 fully saturated rings. The van der Waals surface area contributed by atoms with E-state index in [1.807, 2.05) is 6.92 Å². The van der Waals surface area contributed by atoms with Crippen LogP contribution < -0.4 is 0 Å². The van der Waals surface area contributed by atoms with Gasteiger partial charge >= 0.3 is 0 Å². The SMILES string of the molecule is C=C(C)CCOCCl. The van der Waals surface area contributed by atoms with E-state index in [1.54, 1.807) is 0 Å². The summed E-state index contributed by atoms with van der Waals surface area (Å²) in [6, 6.07) is 0.285. The van der Waals surface area contributed by atoms with Crippen LogP contribution in [0.5, 0.6) is 0 Å². The van der Waals surface area contributed by atoms with Crippen molar-refractivity contribution < 1.29 is 4.74 Å². The zero-order valence-corrected chi connectivity index (χ0v) is 5.87. The Morgan fingerprint density at radius 3 is 2.75 bits per heavy atom. The Bertz CT molecular complexity index is 70.9. The fourth-order valence-electron chi connectivity index (χ4n) is 0.301. The van der Waals surface area contributed by atoms with Crippen LogP contribution in [-0.2, 0) is 4.74 Å². The molecule has 2 heteroatoms. The molecule has 0 saturated heterocycles. The van der Waals surface area contributed by atoms with Crippen molar-refractivity contribution in [2.45, 2.75) is 13.3 Å². The minimum absolute atomic E-state index is 0.285. The zero-order valence-electron chi connectivity index (χ0n) is 5.11. The summed E-state index contributed by atoms with van der Waals surface area (Å²) in [6.45, 7) is 6.37. The van der Waals surface area contributed by atoms with Gasteiger partial charge in [-0.3, -0.25) is 0 Å². The molecular weight excluding hydrogens is 124 g/mol. The molecule has 0 N–H and O–H groups in total. The summed E-state index contributed by atoms with van der Waals surface area (Å²) in [4.78, 5) is 0. The first-order valence-electron chi connectivity index (χ1n) is 2.55. The van der Waals surface area contributed by atoms with Gasteiger partial charge < -0.3 is 4.74 Å². The Morgan fingerprint density at radius 1 is 1.75 bits per heavy atom. The van der Waals surface area contributed by atoms with E-state index in [4.69, 9.17) is 16.3 Å². The van der Waals surface area contributed by atoms with Gasteiger partial charge in [0.2, 0.25) is 0 Å². The summed E-state index contributed by atoms with van der Waals surface area (Å²) in [7, 11) is 0. The molecule has 0 aliphatic rings. The smallest absolute Gasteiger partial charge is 0.120 e. The predicted molar refractivity (Wildman–Crippen MR) is 36.1 cm³/mol. The molecule has 0 saturated carbocycles. The van der Waals surface area contributed by atoms with Gasteiger partial charge in [-0.05, 0) is 13.3 Å². The molecule has 48 valence electrons. The molecule has 0 heterocycles. The van der Waals surface area contributed by atoms with Gasteiger partial charge in [0.15, 0.2) is 0 Å². The Hall–Kier alpha value is -0.0100. The van der Waals surface area contributed by atoms with Crippen molar-refractivity contribution in [2.75, 3.05) is 12.7 Å². The minimum atomic E-state index is 0.285. The van der Waals surface area contributed by atoms with Crippen LogP contribution in [0.3, 0.4) is 0 Å². The molecule has 0 amide bonds. The van der Waals surface area contributed by atoms with Crippen molar-refractivity contribution in [1.29, 1.82) is 0 Å². The van der Waals surface area contributed by atoms with E-state index in [2.05, 4.69) is 6.58 Å². The van der Waals surface area contributed by atoms with Crippen LogP contribution in [0.15, 0.2) is 12.2 Å². The predicted octanol–water partition coefficient (Wildman–Crippen LogP) is 2.17. The monoisotopic (exact) mass is 134 g/mol. The summed E-state index contributed by atoms with van der Waals surface area (Å²) in [5.74, 6) is 0. The average molecular weight is 135 g/mol. The Morgan fingerprint density at radius 2 is 2.38 bits per heavy atom. The molecule has 0 aromatic heterocycles. The first-order valence-corrected chi connectivity index (χ1v) is 3.09. The molecule has 1 nitrogen and oxygen atoms in total. The van der Waals surface area contributed by atoms with Crippen LogP contribution >= 0.6 is 11.6 Å². The molecule has 0 aliphatic heterocycles. The molecule has 0 atom stereocenters. The van der Waals surface area contributed by atoms with Crippen molar-refractivity contribution >= 4 is 11.6 Å². The molecular formula is C6H11ClO. The van der Waals surface area contributed by atoms with Gasteiger partial charge in [0.1, 0.15) is 6.07 Å². The number of hydrogen-bond acceptors (Lipinski definition) is 1. The highest BCUT2D eigenvalue weighted by Gasteiger charge is 1.84. The van der Waals surface area contributed by atoms with E-state index in [0.29, 0.717) is 6.61 Å². The molecule has 0 unspecified atom stereocenters. The molecule has 0 aliphatic carbocycles. The van der Waals surface area contributed by atoms with Crippen molar-refractivity contribution in [3.8, 4) is 0 Å². The van der Waals surface area contributed by atoms with E-state index in [-0.39, 0.29) is 6.07 Å². The van der Waals surface area contributed by atoms with Crippen LogP contribution in [0.2, 0.25) is 0 Å². The van der Waals surface area contributed by atoms with Crippen LogP contribution in [0.1, 0.15) is 13.3 Å². The Kier molecular flexibility index (Phi) is 5.13.